The summed E-state index contributed by atoms with van der Waals surface area (Å²) in [6, 6.07) is 7.30. The lowest BCUT2D eigenvalue weighted by Gasteiger charge is -2.31. The van der Waals surface area contributed by atoms with E-state index in [1.807, 2.05) is 0 Å². The third-order valence-corrected chi connectivity index (χ3v) is 3.26. The van der Waals surface area contributed by atoms with E-state index < -0.39 is 0 Å². The van der Waals surface area contributed by atoms with Crippen molar-refractivity contribution in [3.8, 4) is 0 Å². The Balaban J connectivity index is 2.95. The van der Waals surface area contributed by atoms with E-state index >= 15 is 0 Å². The summed E-state index contributed by atoms with van der Waals surface area (Å²) in [5.74, 6) is 0.677. The number of benzene rings is 1. The molecule has 0 amide bonds. The molecule has 0 radical (unpaired) electrons. The first-order chi connectivity index (χ1) is 8.45. The zero-order valence-corrected chi connectivity index (χ0v) is 12.5. The first-order valence-corrected chi connectivity index (χ1v) is 7.02. The van der Waals surface area contributed by atoms with Gasteiger partial charge in [-0.25, -0.2) is 0 Å². The predicted molar refractivity (Wildman–Crippen MR) is 81.3 cm³/mol. The molecule has 102 valence electrons. The Morgan fingerprint density at radius 3 is 2.28 bits per heavy atom. The molecular weight excluding hydrogens is 220 g/mol. The molecule has 0 aliphatic carbocycles. The highest BCUT2D eigenvalue weighted by Gasteiger charge is 2.13. The highest BCUT2D eigenvalue weighted by Crippen LogP contribution is 2.22. The fourth-order valence-corrected chi connectivity index (χ4v) is 2.30. The molecule has 1 aromatic rings. The van der Waals surface area contributed by atoms with Crippen LogP contribution in [0.2, 0.25) is 0 Å². The molecule has 18 heavy (non-hydrogen) atoms. The lowest BCUT2D eigenvalue weighted by molar-refractivity contribution is 0.571. The van der Waals surface area contributed by atoms with E-state index in [2.05, 4.69) is 57.7 Å². The van der Waals surface area contributed by atoms with Gasteiger partial charge in [0.2, 0.25) is 0 Å². The smallest absolute Gasteiger partial charge is 0.0371 e. The van der Waals surface area contributed by atoms with E-state index in [-0.39, 0.29) is 0 Å². The average molecular weight is 248 g/mol. The molecule has 0 aliphatic heterocycles. The fraction of sp³-hybridized carbons (Fsp3) is 0.625. The minimum absolute atomic E-state index is 0.534. The number of aryl methyl sites for hydroxylation is 1. The Morgan fingerprint density at radius 1 is 1.17 bits per heavy atom. The SMILES string of the molecule is Cc1cc(N(CC(C)C)C(C)C)ccc1CCN. The molecule has 1 aromatic carbocycles. The topological polar surface area (TPSA) is 29.3 Å². The molecule has 0 saturated heterocycles. The number of hydrogen-bond acceptors (Lipinski definition) is 2. The number of nitrogens with zero attached hydrogens (tertiary/aromatic N) is 1. The number of anilines is 1. The van der Waals surface area contributed by atoms with Crippen molar-refractivity contribution in [2.45, 2.75) is 47.1 Å². The molecule has 0 atom stereocenters. The van der Waals surface area contributed by atoms with Crippen LogP contribution in [0, 0.1) is 12.8 Å². The second-order valence-corrected chi connectivity index (χ2v) is 5.79. The summed E-state index contributed by atoms with van der Waals surface area (Å²) in [4.78, 5) is 2.48. The van der Waals surface area contributed by atoms with Crippen LogP contribution >= 0.6 is 0 Å². The van der Waals surface area contributed by atoms with Crippen LogP contribution in [0.3, 0.4) is 0 Å². The third kappa shape index (κ3) is 4.02. The second kappa shape index (κ2) is 6.79. The molecule has 0 fully saturated rings. The lowest BCUT2D eigenvalue weighted by Crippen LogP contribution is -2.34. The van der Waals surface area contributed by atoms with Crippen LogP contribution in [0.1, 0.15) is 38.8 Å². The first kappa shape index (κ1) is 15.0. The van der Waals surface area contributed by atoms with Gasteiger partial charge in [0.05, 0.1) is 0 Å². The molecule has 2 nitrogen and oxygen atoms in total. The largest absolute Gasteiger partial charge is 0.369 e. The summed E-state index contributed by atoms with van der Waals surface area (Å²) in [6.45, 7) is 13.1. The van der Waals surface area contributed by atoms with Crippen molar-refractivity contribution in [3.63, 3.8) is 0 Å². The monoisotopic (exact) mass is 248 g/mol. The Hall–Kier alpha value is -1.02. The lowest BCUT2D eigenvalue weighted by atomic mass is 10.0. The Kier molecular flexibility index (Phi) is 5.67. The molecule has 0 aromatic heterocycles. The highest BCUT2D eigenvalue weighted by molar-refractivity contribution is 5.51. The van der Waals surface area contributed by atoms with Crippen molar-refractivity contribution in [2.24, 2.45) is 11.7 Å². The van der Waals surface area contributed by atoms with Gasteiger partial charge < -0.3 is 10.6 Å². The summed E-state index contributed by atoms with van der Waals surface area (Å²) in [5.41, 5.74) is 9.69. The Morgan fingerprint density at radius 2 is 1.83 bits per heavy atom. The van der Waals surface area contributed by atoms with Gasteiger partial charge in [0.15, 0.2) is 0 Å². The van der Waals surface area contributed by atoms with E-state index in [1.165, 1.54) is 16.8 Å². The molecule has 0 unspecified atom stereocenters. The summed E-state index contributed by atoms with van der Waals surface area (Å²) < 4.78 is 0. The van der Waals surface area contributed by atoms with Gasteiger partial charge in [0, 0.05) is 18.3 Å². The van der Waals surface area contributed by atoms with Crippen molar-refractivity contribution in [1.82, 2.24) is 0 Å². The van der Waals surface area contributed by atoms with Gasteiger partial charge in [0.25, 0.3) is 0 Å². The van der Waals surface area contributed by atoms with E-state index in [1.54, 1.807) is 0 Å². The van der Waals surface area contributed by atoms with Crippen LogP contribution in [0.15, 0.2) is 18.2 Å². The minimum Gasteiger partial charge on any atom is -0.369 e. The van der Waals surface area contributed by atoms with Crippen molar-refractivity contribution in [3.05, 3.63) is 29.3 Å². The van der Waals surface area contributed by atoms with Gasteiger partial charge in [-0.3, -0.25) is 0 Å². The van der Waals surface area contributed by atoms with Crippen LogP contribution in [0.4, 0.5) is 5.69 Å². The predicted octanol–water partition coefficient (Wildman–Crippen LogP) is 3.37. The van der Waals surface area contributed by atoms with Crippen LogP contribution < -0.4 is 10.6 Å². The van der Waals surface area contributed by atoms with E-state index in [0.29, 0.717) is 12.0 Å². The van der Waals surface area contributed by atoms with Gasteiger partial charge in [-0.2, -0.15) is 0 Å². The van der Waals surface area contributed by atoms with Gasteiger partial charge in [-0.15, -0.1) is 0 Å². The summed E-state index contributed by atoms with van der Waals surface area (Å²) >= 11 is 0. The summed E-state index contributed by atoms with van der Waals surface area (Å²) in [5, 5.41) is 0. The van der Waals surface area contributed by atoms with Crippen molar-refractivity contribution in [1.29, 1.82) is 0 Å². The van der Waals surface area contributed by atoms with E-state index in [4.69, 9.17) is 5.73 Å². The molecule has 0 saturated carbocycles. The Labute approximate surface area is 112 Å². The van der Waals surface area contributed by atoms with Crippen molar-refractivity contribution < 1.29 is 0 Å². The standard InChI is InChI=1S/C16H28N2/c1-12(2)11-18(13(3)4)16-7-6-15(8-9-17)14(5)10-16/h6-7,10,12-13H,8-9,11,17H2,1-5H3. The summed E-state index contributed by atoms with van der Waals surface area (Å²) in [7, 11) is 0. The van der Waals surface area contributed by atoms with Gasteiger partial charge in [-0.1, -0.05) is 19.9 Å². The molecule has 0 bridgehead atoms. The first-order valence-electron chi connectivity index (χ1n) is 7.02. The zero-order valence-electron chi connectivity index (χ0n) is 12.5. The van der Waals surface area contributed by atoms with E-state index in [0.717, 1.165) is 19.5 Å². The summed E-state index contributed by atoms with van der Waals surface area (Å²) in [6.07, 6.45) is 0.970. The number of rotatable bonds is 6. The van der Waals surface area contributed by atoms with Gasteiger partial charge in [-0.05, 0) is 62.9 Å². The molecule has 1 rings (SSSR count). The van der Waals surface area contributed by atoms with E-state index in [9.17, 15) is 0 Å². The average Bonchev–Trinajstić information content (AvgIpc) is 2.28. The maximum Gasteiger partial charge on any atom is 0.0371 e. The van der Waals surface area contributed by atoms with Crippen LogP contribution in [-0.4, -0.2) is 19.1 Å². The number of hydrogen-bond donors (Lipinski definition) is 1. The molecular formula is C16H28N2. The molecule has 0 aliphatic rings. The van der Waals surface area contributed by atoms with Gasteiger partial charge in [0.1, 0.15) is 0 Å². The normalized spacial score (nSPS) is 11.3. The molecule has 0 spiro atoms. The quantitative estimate of drug-likeness (QED) is 0.836. The molecule has 2 N–H and O–H groups in total. The zero-order chi connectivity index (χ0) is 13.7. The van der Waals surface area contributed by atoms with Crippen molar-refractivity contribution in [2.75, 3.05) is 18.0 Å². The second-order valence-electron chi connectivity index (χ2n) is 5.79. The number of nitrogens with two attached hydrogens (primary N) is 1. The van der Waals surface area contributed by atoms with Crippen LogP contribution in [0.25, 0.3) is 0 Å². The molecule has 2 heteroatoms. The fourth-order valence-electron chi connectivity index (χ4n) is 2.30. The van der Waals surface area contributed by atoms with Crippen molar-refractivity contribution >= 4 is 5.69 Å². The molecule has 0 heterocycles. The maximum atomic E-state index is 5.63. The minimum atomic E-state index is 0.534. The maximum absolute atomic E-state index is 5.63. The highest BCUT2D eigenvalue weighted by atomic mass is 15.2. The Bertz CT molecular complexity index is 369. The van der Waals surface area contributed by atoms with Crippen LogP contribution in [0.5, 0.6) is 0 Å². The van der Waals surface area contributed by atoms with Gasteiger partial charge >= 0.3 is 0 Å². The third-order valence-electron chi connectivity index (χ3n) is 3.26. The van der Waals surface area contributed by atoms with Crippen LogP contribution in [-0.2, 0) is 6.42 Å².